The van der Waals surface area contributed by atoms with Crippen molar-refractivity contribution in [3.05, 3.63) is 46.3 Å². The predicted molar refractivity (Wildman–Crippen MR) is 87.9 cm³/mol. The van der Waals surface area contributed by atoms with E-state index in [0.29, 0.717) is 5.82 Å². The van der Waals surface area contributed by atoms with Crippen LogP contribution in [0.3, 0.4) is 0 Å². The molecule has 0 radical (unpaired) electrons. The first-order valence-electron chi connectivity index (χ1n) is 6.64. The number of hydrogen-bond acceptors (Lipinski definition) is 3. The molecular formula is C16H16BrN3O. The van der Waals surface area contributed by atoms with Crippen molar-refractivity contribution in [2.75, 3.05) is 5.73 Å². The summed E-state index contributed by atoms with van der Waals surface area (Å²) in [6.07, 6.45) is 0. The third kappa shape index (κ3) is 2.27. The van der Waals surface area contributed by atoms with Crippen LogP contribution in [-0.4, -0.2) is 9.78 Å². The number of furan rings is 1. The maximum atomic E-state index is 6.25. The van der Waals surface area contributed by atoms with Crippen molar-refractivity contribution in [3.63, 3.8) is 0 Å². The molecule has 1 aromatic carbocycles. The summed E-state index contributed by atoms with van der Waals surface area (Å²) in [5.41, 5.74) is 10.0. The molecule has 0 bridgehead atoms. The van der Waals surface area contributed by atoms with Gasteiger partial charge in [-0.3, -0.25) is 4.68 Å². The van der Waals surface area contributed by atoms with E-state index in [0.717, 1.165) is 38.4 Å². The van der Waals surface area contributed by atoms with Gasteiger partial charge in [-0.15, -0.1) is 0 Å². The number of benzene rings is 1. The minimum Gasteiger partial charge on any atom is -0.466 e. The van der Waals surface area contributed by atoms with Crippen LogP contribution >= 0.6 is 15.9 Å². The molecule has 0 saturated carbocycles. The first-order valence-corrected chi connectivity index (χ1v) is 7.43. The van der Waals surface area contributed by atoms with E-state index in [-0.39, 0.29) is 0 Å². The number of rotatable bonds is 2. The SMILES string of the molecule is Cc1cc(-c2nn(C)c(N)c2-c2ccccc2Br)c(C)o1. The summed E-state index contributed by atoms with van der Waals surface area (Å²) in [5.74, 6) is 2.35. The summed E-state index contributed by atoms with van der Waals surface area (Å²) in [6.45, 7) is 3.87. The van der Waals surface area contributed by atoms with Gasteiger partial charge in [-0.2, -0.15) is 5.10 Å². The van der Waals surface area contributed by atoms with Crippen LogP contribution in [0.25, 0.3) is 22.4 Å². The number of hydrogen-bond donors (Lipinski definition) is 1. The Kier molecular flexibility index (Phi) is 3.37. The largest absolute Gasteiger partial charge is 0.466 e. The van der Waals surface area contributed by atoms with Gasteiger partial charge < -0.3 is 10.2 Å². The highest BCUT2D eigenvalue weighted by atomic mass is 79.9. The van der Waals surface area contributed by atoms with Crippen LogP contribution in [0.15, 0.2) is 39.2 Å². The van der Waals surface area contributed by atoms with Crippen molar-refractivity contribution >= 4 is 21.7 Å². The lowest BCUT2D eigenvalue weighted by molar-refractivity contribution is 0.505. The van der Waals surface area contributed by atoms with E-state index in [9.17, 15) is 0 Å². The molecule has 0 aliphatic carbocycles. The molecule has 4 nitrogen and oxygen atoms in total. The Morgan fingerprint density at radius 1 is 1.19 bits per heavy atom. The molecule has 2 heterocycles. The van der Waals surface area contributed by atoms with E-state index in [4.69, 9.17) is 10.2 Å². The van der Waals surface area contributed by atoms with Crippen LogP contribution in [0.5, 0.6) is 0 Å². The number of nitrogens with two attached hydrogens (primary N) is 1. The molecule has 2 N–H and O–H groups in total. The molecule has 3 aromatic rings. The van der Waals surface area contributed by atoms with Gasteiger partial charge in [0.15, 0.2) is 0 Å². The van der Waals surface area contributed by atoms with Crippen LogP contribution in [0.1, 0.15) is 11.5 Å². The number of nitrogen functional groups attached to an aromatic ring is 1. The van der Waals surface area contributed by atoms with Gasteiger partial charge in [-0.25, -0.2) is 0 Å². The minimum atomic E-state index is 0.634. The lowest BCUT2D eigenvalue weighted by Gasteiger charge is -2.06. The average molecular weight is 346 g/mol. The lowest BCUT2D eigenvalue weighted by atomic mass is 10.0. The van der Waals surface area contributed by atoms with Gasteiger partial charge >= 0.3 is 0 Å². The molecule has 2 aromatic heterocycles. The zero-order chi connectivity index (χ0) is 15.1. The van der Waals surface area contributed by atoms with Crippen LogP contribution in [0, 0.1) is 13.8 Å². The van der Waals surface area contributed by atoms with Gasteiger partial charge in [0.2, 0.25) is 0 Å². The quantitative estimate of drug-likeness (QED) is 0.752. The number of anilines is 1. The van der Waals surface area contributed by atoms with Crippen molar-refractivity contribution < 1.29 is 4.42 Å². The van der Waals surface area contributed by atoms with Crippen LogP contribution in [-0.2, 0) is 7.05 Å². The van der Waals surface area contributed by atoms with Gasteiger partial charge in [-0.1, -0.05) is 34.1 Å². The summed E-state index contributed by atoms with van der Waals surface area (Å²) in [5, 5.41) is 4.58. The highest BCUT2D eigenvalue weighted by Gasteiger charge is 2.21. The second kappa shape index (κ2) is 5.07. The Bertz CT molecular complexity index is 817. The average Bonchev–Trinajstić information content (AvgIpc) is 2.91. The molecule has 5 heteroatoms. The third-order valence-electron chi connectivity index (χ3n) is 3.53. The summed E-state index contributed by atoms with van der Waals surface area (Å²) in [7, 11) is 1.85. The van der Waals surface area contributed by atoms with Gasteiger partial charge in [0.25, 0.3) is 0 Å². The first-order chi connectivity index (χ1) is 9.99. The molecule has 0 aliphatic heterocycles. The third-order valence-corrected chi connectivity index (χ3v) is 4.22. The molecule has 0 atom stereocenters. The van der Waals surface area contributed by atoms with Crippen molar-refractivity contribution in [1.29, 1.82) is 0 Å². The lowest BCUT2D eigenvalue weighted by Crippen LogP contribution is -1.98. The van der Waals surface area contributed by atoms with Gasteiger partial charge in [-0.05, 0) is 26.0 Å². The summed E-state index contributed by atoms with van der Waals surface area (Å²) in [6, 6.07) is 10.00. The fraction of sp³-hybridized carbons (Fsp3) is 0.188. The Morgan fingerprint density at radius 3 is 2.52 bits per heavy atom. The standard InChI is InChI=1S/C16H16BrN3O/c1-9-8-12(10(2)21-9)15-14(16(18)20(3)19-15)11-6-4-5-7-13(11)17/h4-8H,18H2,1-3H3. The second-order valence-corrected chi connectivity index (χ2v) is 5.89. The summed E-state index contributed by atoms with van der Waals surface area (Å²) < 4.78 is 8.33. The zero-order valence-electron chi connectivity index (χ0n) is 12.1. The maximum absolute atomic E-state index is 6.25. The van der Waals surface area contributed by atoms with Crippen LogP contribution in [0.4, 0.5) is 5.82 Å². The fourth-order valence-corrected chi connectivity index (χ4v) is 3.00. The molecule has 0 unspecified atom stereocenters. The van der Waals surface area contributed by atoms with E-state index < -0.39 is 0 Å². The summed E-state index contributed by atoms with van der Waals surface area (Å²) in [4.78, 5) is 0. The Hall–Kier alpha value is -2.01. The molecule has 21 heavy (non-hydrogen) atoms. The molecule has 0 fully saturated rings. The van der Waals surface area contributed by atoms with Gasteiger partial charge in [0, 0.05) is 22.6 Å². The monoisotopic (exact) mass is 345 g/mol. The van der Waals surface area contributed by atoms with Crippen molar-refractivity contribution in [1.82, 2.24) is 9.78 Å². The van der Waals surface area contributed by atoms with Crippen LogP contribution < -0.4 is 5.73 Å². The molecule has 108 valence electrons. The highest BCUT2D eigenvalue weighted by molar-refractivity contribution is 9.10. The van der Waals surface area contributed by atoms with E-state index in [1.54, 1.807) is 4.68 Å². The topological polar surface area (TPSA) is 57.0 Å². The molecule has 0 aliphatic rings. The molecule has 3 rings (SSSR count). The smallest absolute Gasteiger partial charge is 0.129 e. The Morgan fingerprint density at radius 2 is 1.90 bits per heavy atom. The second-order valence-electron chi connectivity index (χ2n) is 5.04. The van der Waals surface area contributed by atoms with Crippen molar-refractivity contribution in [3.8, 4) is 22.4 Å². The molecule has 0 saturated heterocycles. The molecular weight excluding hydrogens is 330 g/mol. The van der Waals surface area contributed by atoms with E-state index in [2.05, 4.69) is 21.0 Å². The maximum Gasteiger partial charge on any atom is 0.129 e. The van der Waals surface area contributed by atoms with Crippen molar-refractivity contribution in [2.24, 2.45) is 7.05 Å². The van der Waals surface area contributed by atoms with E-state index >= 15 is 0 Å². The molecule has 0 amide bonds. The number of aryl methyl sites for hydroxylation is 3. The Labute approximate surface area is 131 Å². The zero-order valence-corrected chi connectivity index (χ0v) is 13.7. The normalized spacial score (nSPS) is 11.0. The van der Waals surface area contributed by atoms with Crippen LogP contribution in [0.2, 0.25) is 0 Å². The van der Waals surface area contributed by atoms with Gasteiger partial charge in [0.1, 0.15) is 23.0 Å². The predicted octanol–water partition coefficient (Wildman–Crippen LogP) is 4.31. The number of nitrogens with zero attached hydrogens (tertiary/aromatic N) is 2. The number of aromatic nitrogens is 2. The molecule has 0 spiro atoms. The highest BCUT2D eigenvalue weighted by Crippen LogP contribution is 2.40. The first kappa shape index (κ1) is 13.9. The van der Waals surface area contributed by atoms with Crippen molar-refractivity contribution in [2.45, 2.75) is 13.8 Å². The minimum absolute atomic E-state index is 0.634. The summed E-state index contributed by atoms with van der Waals surface area (Å²) >= 11 is 3.59. The fourth-order valence-electron chi connectivity index (χ4n) is 2.52. The Balaban J connectivity index is 2.31. The van der Waals surface area contributed by atoms with E-state index in [1.165, 1.54) is 0 Å². The van der Waals surface area contributed by atoms with Gasteiger partial charge in [0.05, 0.1) is 5.56 Å². The number of halogens is 1. The van der Waals surface area contributed by atoms with E-state index in [1.807, 2.05) is 51.2 Å².